The third-order valence-corrected chi connectivity index (χ3v) is 3.84. The van der Waals surface area contributed by atoms with Crippen molar-refractivity contribution in [3.8, 4) is 5.75 Å². The van der Waals surface area contributed by atoms with Gasteiger partial charge in [-0.1, -0.05) is 17.7 Å². The molecule has 0 aliphatic heterocycles. The molecule has 2 rings (SSSR count). The summed E-state index contributed by atoms with van der Waals surface area (Å²) in [7, 11) is 3.12. The molecule has 0 aliphatic rings. The second-order valence-corrected chi connectivity index (χ2v) is 5.92. The van der Waals surface area contributed by atoms with Crippen LogP contribution in [0.5, 0.6) is 5.75 Å². The van der Waals surface area contributed by atoms with Gasteiger partial charge < -0.3 is 20.1 Å². The van der Waals surface area contributed by atoms with Crippen molar-refractivity contribution in [2.45, 2.75) is 6.42 Å². The van der Waals surface area contributed by atoms with Crippen LogP contribution in [-0.2, 0) is 4.74 Å². The first-order valence-electron chi connectivity index (χ1n) is 8.07. The fourth-order valence-corrected chi connectivity index (χ4v) is 2.47. The van der Waals surface area contributed by atoms with Crippen molar-refractivity contribution in [3.05, 3.63) is 58.6 Å². The summed E-state index contributed by atoms with van der Waals surface area (Å²) in [6.07, 6.45) is 0.719. The Bertz CT molecular complexity index is 780. The third-order valence-electron chi connectivity index (χ3n) is 3.61. The lowest BCUT2D eigenvalue weighted by molar-refractivity contribution is 0.0948. The maximum atomic E-state index is 12.5. The average molecular weight is 377 g/mol. The van der Waals surface area contributed by atoms with Crippen LogP contribution in [0.1, 0.15) is 27.1 Å². The van der Waals surface area contributed by atoms with Crippen LogP contribution >= 0.6 is 11.6 Å². The second-order valence-electron chi connectivity index (χ2n) is 5.48. The summed E-state index contributed by atoms with van der Waals surface area (Å²) >= 11 is 5.97. The molecule has 2 amide bonds. The van der Waals surface area contributed by atoms with Gasteiger partial charge in [0.05, 0.1) is 12.8 Å². The molecular weight excluding hydrogens is 356 g/mol. The summed E-state index contributed by atoms with van der Waals surface area (Å²) < 4.78 is 10.2. The van der Waals surface area contributed by atoms with Gasteiger partial charge in [0.25, 0.3) is 11.8 Å². The molecule has 0 aliphatic carbocycles. The Morgan fingerprint density at radius 1 is 1.04 bits per heavy atom. The number of anilines is 1. The van der Waals surface area contributed by atoms with Crippen molar-refractivity contribution in [1.29, 1.82) is 0 Å². The summed E-state index contributed by atoms with van der Waals surface area (Å²) in [5.41, 5.74) is 1.23. The van der Waals surface area contributed by atoms with Crippen molar-refractivity contribution in [2.24, 2.45) is 0 Å². The number of amides is 2. The number of nitrogens with one attached hydrogen (secondary N) is 2. The molecule has 0 bridgehead atoms. The maximum Gasteiger partial charge on any atom is 0.255 e. The molecule has 6 nitrogen and oxygen atoms in total. The second kappa shape index (κ2) is 9.79. The van der Waals surface area contributed by atoms with E-state index in [4.69, 9.17) is 21.1 Å². The highest BCUT2D eigenvalue weighted by atomic mass is 35.5. The number of ether oxygens (including phenoxy) is 2. The van der Waals surface area contributed by atoms with Gasteiger partial charge >= 0.3 is 0 Å². The molecule has 26 heavy (non-hydrogen) atoms. The minimum Gasteiger partial charge on any atom is -0.495 e. The van der Waals surface area contributed by atoms with Gasteiger partial charge in [-0.2, -0.15) is 0 Å². The van der Waals surface area contributed by atoms with Crippen LogP contribution in [0.15, 0.2) is 42.5 Å². The lowest BCUT2D eigenvalue weighted by atomic mass is 10.1. The normalized spacial score (nSPS) is 10.3. The van der Waals surface area contributed by atoms with Crippen LogP contribution in [0.25, 0.3) is 0 Å². The Morgan fingerprint density at radius 2 is 1.77 bits per heavy atom. The zero-order chi connectivity index (χ0) is 18.9. The molecule has 0 aromatic heterocycles. The van der Waals surface area contributed by atoms with Gasteiger partial charge in [-0.3, -0.25) is 9.59 Å². The highest BCUT2D eigenvalue weighted by molar-refractivity contribution is 6.31. The van der Waals surface area contributed by atoms with E-state index in [0.29, 0.717) is 40.7 Å². The fourth-order valence-electron chi connectivity index (χ4n) is 2.29. The zero-order valence-corrected chi connectivity index (χ0v) is 15.4. The van der Waals surface area contributed by atoms with Crippen LogP contribution in [0.4, 0.5) is 5.69 Å². The average Bonchev–Trinajstić information content (AvgIpc) is 2.65. The molecule has 0 heterocycles. The molecule has 0 radical (unpaired) electrons. The van der Waals surface area contributed by atoms with Gasteiger partial charge in [-0.25, -0.2) is 0 Å². The van der Waals surface area contributed by atoms with Crippen LogP contribution < -0.4 is 15.4 Å². The molecule has 2 N–H and O–H groups in total. The molecule has 138 valence electrons. The summed E-state index contributed by atoms with van der Waals surface area (Å²) in [5, 5.41) is 6.01. The first-order valence-corrected chi connectivity index (χ1v) is 8.45. The van der Waals surface area contributed by atoms with Crippen molar-refractivity contribution >= 4 is 29.1 Å². The van der Waals surface area contributed by atoms with E-state index in [0.717, 1.165) is 6.42 Å². The molecule has 0 saturated heterocycles. The SMILES string of the molecule is COCCCNC(=O)c1cccc(C(=O)Nc2cc(Cl)ccc2OC)c1. The quantitative estimate of drug-likeness (QED) is 0.692. The predicted molar refractivity (Wildman–Crippen MR) is 101 cm³/mol. The van der Waals surface area contributed by atoms with Crippen LogP contribution in [0, 0.1) is 0 Å². The standard InChI is InChI=1S/C19H21ClN2O4/c1-25-10-4-9-21-18(23)13-5-3-6-14(11-13)19(24)22-16-12-15(20)7-8-17(16)26-2/h3,5-8,11-12H,4,9-10H2,1-2H3,(H,21,23)(H,22,24). The number of hydrogen-bond donors (Lipinski definition) is 2. The fraction of sp³-hybridized carbons (Fsp3) is 0.263. The highest BCUT2D eigenvalue weighted by Gasteiger charge is 2.13. The Balaban J connectivity index is 2.08. The number of carbonyl (C=O) groups is 2. The van der Waals surface area contributed by atoms with Crippen LogP contribution in [0.2, 0.25) is 5.02 Å². The summed E-state index contributed by atoms with van der Waals surface area (Å²) in [4.78, 5) is 24.7. The minimum absolute atomic E-state index is 0.240. The van der Waals surface area contributed by atoms with Crippen molar-refractivity contribution in [2.75, 3.05) is 32.7 Å². The van der Waals surface area contributed by atoms with Gasteiger partial charge in [-0.05, 0) is 42.8 Å². The topological polar surface area (TPSA) is 76.7 Å². The van der Waals surface area contributed by atoms with E-state index in [1.807, 2.05) is 0 Å². The largest absolute Gasteiger partial charge is 0.495 e. The number of benzene rings is 2. The highest BCUT2D eigenvalue weighted by Crippen LogP contribution is 2.28. The zero-order valence-electron chi connectivity index (χ0n) is 14.7. The molecule has 0 spiro atoms. The van der Waals surface area contributed by atoms with Crippen LogP contribution in [0.3, 0.4) is 0 Å². The molecule has 7 heteroatoms. The number of hydrogen-bond acceptors (Lipinski definition) is 4. The van der Waals surface area contributed by atoms with Crippen molar-refractivity contribution < 1.29 is 19.1 Å². The first kappa shape index (κ1) is 19.8. The van der Waals surface area contributed by atoms with E-state index in [2.05, 4.69) is 10.6 Å². The first-order chi connectivity index (χ1) is 12.5. The van der Waals surface area contributed by atoms with E-state index < -0.39 is 0 Å². The van der Waals surface area contributed by atoms with E-state index in [-0.39, 0.29) is 11.8 Å². The molecule has 0 fully saturated rings. The van der Waals surface area contributed by atoms with Gasteiger partial charge in [-0.15, -0.1) is 0 Å². The number of halogens is 1. The third kappa shape index (κ3) is 5.47. The van der Waals surface area contributed by atoms with Gasteiger partial charge in [0.1, 0.15) is 5.75 Å². The molecule has 0 unspecified atom stereocenters. The van der Waals surface area contributed by atoms with Crippen molar-refractivity contribution in [1.82, 2.24) is 5.32 Å². The molecular formula is C19H21ClN2O4. The number of methoxy groups -OCH3 is 2. The Kier molecular flexibility index (Phi) is 7.44. The Labute approximate surface area is 157 Å². The van der Waals surface area contributed by atoms with E-state index in [1.54, 1.807) is 43.5 Å². The Morgan fingerprint density at radius 3 is 2.46 bits per heavy atom. The monoisotopic (exact) mass is 376 g/mol. The maximum absolute atomic E-state index is 12.5. The smallest absolute Gasteiger partial charge is 0.255 e. The molecule has 2 aromatic carbocycles. The predicted octanol–water partition coefficient (Wildman–Crippen LogP) is 3.37. The lowest BCUT2D eigenvalue weighted by Crippen LogP contribution is -2.25. The van der Waals surface area contributed by atoms with Gasteiger partial charge in [0.2, 0.25) is 0 Å². The van der Waals surface area contributed by atoms with Gasteiger partial charge in [0.15, 0.2) is 0 Å². The van der Waals surface area contributed by atoms with E-state index in [1.165, 1.54) is 13.2 Å². The lowest BCUT2D eigenvalue weighted by Gasteiger charge is -2.11. The van der Waals surface area contributed by atoms with E-state index >= 15 is 0 Å². The summed E-state index contributed by atoms with van der Waals surface area (Å²) in [6.45, 7) is 1.08. The Hall–Kier alpha value is -2.57. The van der Waals surface area contributed by atoms with Crippen LogP contribution in [-0.4, -0.2) is 39.2 Å². The number of rotatable bonds is 8. The summed E-state index contributed by atoms with van der Waals surface area (Å²) in [6, 6.07) is 11.4. The number of carbonyl (C=O) groups excluding carboxylic acids is 2. The van der Waals surface area contributed by atoms with Gasteiger partial charge in [0, 0.05) is 36.4 Å². The molecule has 0 atom stereocenters. The molecule has 0 saturated carbocycles. The molecule has 2 aromatic rings. The summed E-state index contributed by atoms with van der Waals surface area (Å²) in [5.74, 6) is -0.106. The minimum atomic E-state index is -0.361. The van der Waals surface area contributed by atoms with E-state index in [9.17, 15) is 9.59 Å². The van der Waals surface area contributed by atoms with Crippen molar-refractivity contribution in [3.63, 3.8) is 0 Å².